The predicted octanol–water partition coefficient (Wildman–Crippen LogP) is 9.64. The molecule has 0 saturated carbocycles. The Bertz CT molecular complexity index is 225. The molecule has 0 unspecified atom stereocenters. The lowest BCUT2D eigenvalue weighted by Gasteiger charge is -2.05. The Kier molecular flexibility index (Phi) is 26.9. The molecule has 2 radical (unpaired) electrons. The molecule has 0 aliphatic rings. The number of hydrogen-bond donors (Lipinski definition) is 0. The fraction of sp³-hybridized carbons (Fsp3) is 0.926. The maximum Gasteiger partial charge on any atom is 0.0466 e. The van der Waals surface area contributed by atoms with Gasteiger partial charge in [0.05, 0.1) is 0 Å². The Morgan fingerprint density at radius 3 is 0.750 bits per heavy atom. The largest absolute Gasteiger partial charge is 0.381 e. The molecule has 0 bridgehead atoms. The summed E-state index contributed by atoms with van der Waals surface area (Å²) in [7, 11) is 0. The zero-order valence-corrected chi connectivity index (χ0v) is 19.5. The summed E-state index contributed by atoms with van der Waals surface area (Å²) in [6, 6.07) is 0. The van der Waals surface area contributed by atoms with Gasteiger partial charge < -0.3 is 4.74 Å². The second-order valence-electron chi connectivity index (χ2n) is 8.74. The highest BCUT2D eigenvalue weighted by Gasteiger charge is 1.95. The van der Waals surface area contributed by atoms with E-state index in [9.17, 15) is 0 Å². The number of hydrogen-bond acceptors (Lipinski definition) is 1. The average Bonchev–Trinajstić information content (AvgIpc) is 2.71. The first-order valence-electron chi connectivity index (χ1n) is 13.1. The molecule has 0 N–H and O–H groups in total. The van der Waals surface area contributed by atoms with Gasteiger partial charge >= 0.3 is 0 Å². The van der Waals surface area contributed by atoms with E-state index in [-0.39, 0.29) is 0 Å². The summed E-state index contributed by atoms with van der Waals surface area (Å²) < 4.78 is 5.72. The van der Waals surface area contributed by atoms with E-state index in [1.165, 1.54) is 135 Å². The van der Waals surface area contributed by atoms with Crippen LogP contribution in [0.1, 0.15) is 148 Å². The maximum absolute atomic E-state index is 5.72. The third-order valence-electron chi connectivity index (χ3n) is 5.83. The SMILES string of the molecule is [CH2]CCCCCCCCCCCCCCCCCCCOCCCCCC[CH2]. The van der Waals surface area contributed by atoms with Gasteiger partial charge in [0.2, 0.25) is 0 Å². The molecule has 0 aromatic carbocycles. The van der Waals surface area contributed by atoms with Crippen LogP contribution in [0.3, 0.4) is 0 Å². The third-order valence-corrected chi connectivity index (χ3v) is 5.83. The fourth-order valence-corrected chi connectivity index (χ4v) is 3.87. The van der Waals surface area contributed by atoms with Crippen molar-refractivity contribution in [2.24, 2.45) is 0 Å². The smallest absolute Gasteiger partial charge is 0.0466 e. The highest BCUT2D eigenvalue weighted by molar-refractivity contribution is 4.51. The molecule has 28 heavy (non-hydrogen) atoms. The molecule has 0 atom stereocenters. The summed E-state index contributed by atoms with van der Waals surface area (Å²) in [6.45, 7) is 9.73. The van der Waals surface area contributed by atoms with Crippen molar-refractivity contribution in [1.82, 2.24) is 0 Å². The molecular weight excluding hydrogens is 340 g/mol. The quantitative estimate of drug-likeness (QED) is 0.140. The van der Waals surface area contributed by atoms with Crippen LogP contribution in [-0.4, -0.2) is 13.2 Å². The van der Waals surface area contributed by atoms with Gasteiger partial charge in [0.25, 0.3) is 0 Å². The van der Waals surface area contributed by atoms with Gasteiger partial charge in [0.1, 0.15) is 0 Å². The lowest BCUT2D eigenvalue weighted by molar-refractivity contribution is 0.125. The monoisotopic (exact) mass is 394 g/mol. The zero-order valence-electron chi connectivity index (χ0n) is 19.5. The fourth-order valence-electron chi connectivity index (χ4n) is 3.87. The molecule has 0 heterocycles. The van der Waals surface area contributed by atoms with Crippen LogP contribution in [0.25, 0.3) is 0 Å². The van der Waals surface area contributed by atoms with Crippen molar-refractivity contribution < 1.29 is 4.74 Å². The van der Waals surface area contributed by atoms with Gasteiger partial charge in [-0.3, -0.25) is 0 Å². The normalized spacial score (nSPS) is 11.4. The molecule has 0 fully saturated rings. The molecule has 0 amide bonds. The van der Waals surface area contributed by atoms with Gasteiger partial charge in [-0.1, -0.05) is 149 Å². The van der Waals surface area contributed by atoms with E-state index >= 15 is 0 Å². The topological polar surface area (TPSA) is 9.23 Å². The number of unbranched alkanes of at least 4 members (excludes halogenated alkanes) is 21. The van der Waals surface area contributed by atoms with Crippen LogP contribution in [0.5, 0.6) is 0 Å². The molecule has 1 heteroatoms. The van der Waals surface area contributed by atoms with Gasteiger partial charge in [0.15, 0.2) is 0 Å². The second-order valence-corrected chi connectivity index (χ2v) is 8.74. The lowest BCUT2D eigenvalue weighted by atomic mass is 10.0. The highest BCUT2D eigenvalue weighted by atomic mass is 16.5. The first-order valence-corrected chi connectivity index (χ1v) is 13.1. The molecule has 0 spiro atoms. The average molecular weight is 395 g/mol. The van der Waals surface area contributed by atoms with E-state index in [0.717, 1.165) is 26.1 Å². The second kappa shape index (κ2) is 27.0. The first kappa shape index (κ1) is 28.0. The van der Waals surface area contributed by atoms with E-state index < -0.39 is 0 Å². The molecule has 0 saturated heterocycles. The standard InChI is InChI=1S/C27H54O/c1-3-5-7-9-10-11-12-13-14-15-16-17-18-19-20-21-23-25-27-28-26-24-22-8-6-4-2/h1-27H2. The minimum atomic E-state index is 0.966. The van der Waals surface area contributed by atoms with E-state index in [4.69, 9.17) is 4.74 Å². The summed E-state index contributed by atoms with van der Waals surface area (Å²) in [5.41, 5.74) is 0. The Labute approximate surface area is 179 Å². The summed E-state index contributed by atoms with van der Waals surface area (Å²) in [4.78, 5) is 0. The first-order chi connectivity index (χ1) is 13.9. The highest BCUT2D eigenvalue weighted by Crippen LogP contribution is 2.14. The van der Waals surface area contributed by atoms with Crippen molar-refractivity contribution in [1.29, 1.82) is 0 Å². The number of rotatable bonds is 25. The molecule has 0 aliphatic carbocycles. The van der Waals surface area contributed by atoms with Crippen LogP contribution in [0.2, 0.25) is 0 Å². The Balaban J connectivity index is 2.96. The van der Waals surface area contributed by atoms with E-state index in [1.807, 2.05) is 0 Å². The summed E-state index contributed by atoms with van der Waals surface area (Å²) in [6.07, 6.45) is 31.5. The molecule has 0 rings (SSSR count). The molecule has 1 nitrogen and oxygen atoms in total. The van der Waals surface area contributed by atoms with Gasteiger partial charge in [-0.15, -0.1) is 0 Å². The van der Waals surface area contributed by atoms with Gasteiger partial charge in [-0.05, 0) is 12.8 Å². The van der Waals surface area contributed by atoms with Crippen LogP contribution in [0.15, 0.2) is 0 Å². The number of ether oxygens (including phenoxy) is 1. The van der Waals surface area contributed by atoms with Gasteiger partial charge in [-0.2, -0.15) is 0 Å². The van der Waals surface area contributed by atoms with Crippen molar-refractivity contribution in [3.63, 3.8) is 0 Å². The van der Waals surface area contributed by atoms with Crippen LogP contribution in [0, 0.1) is 13.8 Å². The lowest BCUT2D eigenvalue weighted by Crippen LogP contribution is -1.97. The predicted molar refractivity (Wildman–Crippen MR) is 128 cm³/mol. The van der Waals surface area contributed by atoms with Crippen molar-refractivity contribution in [2.75, 3.05) is 13.2 Å². The minimum absolute atomic E-state index is 0.966. The van der Waals surface area contributed by atoms with E-state index in [1.54, 1.807) is 0 Å². The Morgan fingerprint density at radius 2 is 0.500 bits per heavy atom. The molecule has 0 aliphatic heterocycles. The van der Waals surface area contributed by atoms with Crippen LogP contribution in [-0.2, 0) is 4.74 Å². The van der Waals surface area contributed by atoms with Crippen LogP contribution >= 0.6 is 0 Å². The van der Waals surface area contributed by atoms with Crippen molar-refractivity contribution in [2.45, 2.75) is 148 Å². The summed E-state index contributed by atoms with van der Waals surface area (Å²) in [5.74, 6) is 0. The van der Waals surface area contributed by atoms with Gasteiger partial charge in [-0.25, -0.2) is 0 Å². The van der Waals surface area contributed by atoms with Crippen LogP contribution < -0.4 is 0 Å². The zero-order chi connectivity index (χ0) is 20.4. The van der Waals surface area contributed by atoms with E-state index in [0.29, 0.717) is 0 Å². The summed E-state index contributed by atoms with van der Waals surface area (Å²) >= 11 is 0. The van der Waals surface area contributed by atoms with Crippen molar-refractivity contribution in [3.8, 4) is 0 Å². The molecule has 0 aromatic heterocycles. The summed E-state index contributed by atoms with van der Waals surface area (Å²) in [5, 5.41) is 0. The molecule has 0 aromatic rings. The molecular formula is C27H54O. The van der Waals surface area contributed by atoms with Gasteiger partial charge in [0, 0.05) is 13.2 Å². The maximum atomic E-state index is 5.72. The Hall–Kier alpha value is -0.0400. The van der Waals surface area contributed by atoms with Crippen molar-refractivity contribution >= 4 is 0 Å². The van der Waals surface area contributed by atoms with Crippen molar-refractivity contribution in [3.05, 3.63) is 13.8 Å². The minimum Gasteiger partial charge on any atom is -0.381 e. The van der Waals surface area contributed by atoms with E-state index in [2.05, 4.69) is 13.8 Å². The van der Waals surface area contributed by atoms with Crippen LogP contribution in [0.4, 0.5) is 0 Å². The Morgan fingerprint density at radius 1 is 0.286 bits per heavy atom. The molecule has 168 valence electrons. The third kappa shape index (κ3) is 26.0.